The van der Waals surface area contributed by atoms with Crippen molar-refractivity contribution in [3.63, 3.8) is 0 Å². The first-order valence-electron chi connectivity index (χ1n) is 5.69. The van der Waals surface area contributed by atoms with Crippen molar-refractivity contribution in [1.29, 1.82) is 0 Å². The van der Waals surface area contributed by atoms with Gasteiger partial charge in [0.2, 0.25) is 0 Å². The van der Waals surface area contributed by atoms with E-state index >= 15 is 0 Å². The second-order valence-electron chi connectivity index (χ2n) is 4.19. The van der Waals surface area contributed by atoms with E-state index in [1.165, 1.54) is 0 Å². The summed E-state index contributed by atoms with van der Waals surface area (Å²) in [5.74, 6) is 0.756. The summed E-state index contributed by atoms with van der Waals surface area (Å²) < 4.78 is 7.09. The molecule has 0 amide bonds. The number of hydrogen-bond acceptors (Lipinski definition) is 3. The quantitative estimate of drug-likeness (QED) is 0.928. The molecule has 96 valence electrons. The summed E-state index contributed by atoms with van der Waals surface area (Å²) in [5, 5.41) is 5.01. The maximum absolute atomic E-state index is 6.04. The summed E-state index contributed by atoms with van der Waals surface area (Å²) in [4.78, 5) is 0. The van der Waals surface area contributed by atoms with Gasteiger partial charge in [-0.2, -0.15) is 5.10 Å². The van der Waals surface area contributed by atoms with Gasteiger partial charge in [-0.1, -0.05) is 17.7 Å². The summed E-state index contributed by atoms with van der Waals surface area (Å²) in [6.07, 6.45) is 1.78. The first-order valence-corrected chi connectivity index (χ1v) is 6.07. The summed E-state index contributed by atoms with van der Waals surface area (Å²) in [6.45, 7) is 3.78. The Morgan fingerprint density at radius 1 is 1.44 bits per heavy atom. The van der Waals surface area contributed by atoms with E-state index in [1.807, 2.05) is 32.0 Å². The number of rotatable bonds is 3. The number of methoxy groups -OCH3 is 1. The molecule has 0 fully saturated rings. The number of aryl methyl sites for hydroxylation is 1. The predicted octanol–water partition coefficient (Wildman–Crippen LogP) is 2.86. The number of halogens is 1. The van der Waals surface area contributed by atoms with Gasteiger partial charge in [0.1, 0.15) is 5.75 Å². The molecule has 0 aliphatic carbocycles. The Balaban J connectivity index is 2.63. The smallest absolute Gasteiger partial charge is 0.125 e. The number of ether oxygens (including phenoxy) is 1. The van der Waals surface area contributed by atoms with E-state index < -0.39 is 0 Å². The van der Waals surface area contributed by atoms with Crippen LogP contribution in [-0.2, 0) is 0 Å². The van der Waals surface area contributed by atoms with Crippen molar-refractivity contribution in [3.8, 4) is 11.4 Å². The molecule has 2 aromatic rings. The molecule has 0 spiro atoms. The monoisotopic (exact) mass is 265 g/mol. The highest BCUT2D eigenvalue weighted by atomic mass is 35.5. The molecule has 0 radical (unpaired) electrons. The number of nitrogens with zero attached hydrogens (tertiary/aromatic N) is 2. The van der Waals surface area contributed by atoms with Crippen LogP contribution < -0.4 is 10.5 Å². The number of hydrogen-bond donors (Lipinski definition) is 1. The van der Waals surface area contributed by atoms with Gasteiger partial charge in [0, 0.05) is 17.8 Å². The molecule has 2 N–H and O–H groups in total. The molecule has 2 rings (SSSR count). The molecule has 18 heavy (non-hydrogen) atoms. The van der Waals surface area contributed by atoms with Crippen LogP contribution in [0.4, 0.5) is 0 Å². The third kappa shape index (κ3) is 2.21. The molecule has 1 heterocycles. The molecular formula is C13H16ClN3O. The SMILES string of the molecule is COc1cccc(-n2cc(Cl)c(C)n2)c1[C@@H](C)N. The minimum atomic E-state index is -0.153. The fourth-order valence-corrected chi connectivity index (χ4v) is 2.06. The lowest BCUT2D eigenvalue weighted by atomic mass is 10.1. The standard InChI is InChI=1S/C13H16ClN3O/c1-8(15)13-11(5-4-6-12(13)18-3)17-7-10(14)9(2)16-17/h4-8H,15H2,1-3H3/t8-/m1/s1. The Hall–Kier alpha value is -1.52. The lowest BCUT2D eigenvalue weighted by molar-refractivity contribution is 0.406. The van der Waals surface area contributed by atoms with E-state index in [1.54, 1.807) is 18.0 Å². The van der Waals surface area contributed by atoms with Crippen LogP contribution in [0.15, 0.2) is 24.4 Å². The van der Waals surface area contributed by atoms with Crippen LogP contribution in [0.5, 0.6) is 5.75 Å². The van der Waals surface area contributed by atoms with Crippen molar-refractivity contribution in [2.24, 2.45) is 5.73 Å². The van der Waals surface area contributed by atoms with Gasteiger partial charge in [-0.3, -0.25) is 0 Å². The van der Waals surface area contributed by atoms with E-state index in [0.717, 1.165) is 22.7 Å². The van der Waals surface area contributed by atoms with Gasteiger partial charge >= 0.3 is 0 Å². The van der Waals surface area contributed by atoms with Crippen LogP contribution in [0.3, 0.4) is 0 Å². The fourth-order valence-electron chi connectivity index (χ4n) is 1.93. The van der Waals surface area contributed by atoms with Gasteiger partial charge in [-0.25, -0.2) is 4.68 Å². The Kier molecular flexibility index (Phi) is 3.59. The molecule has 0 aliphatic rings. The van der Waals surface area contributed by atoms with Crippen molar-refractivity contribution in [2.45, 2.75) is 19.9 Å². The Labute approximate surface area is 111 Å². The average molecular weight is 266 g/mol. The molecular weight excluding hydrogens is 250 g/mol. The summed E-state index contributed by atoms with van der Waals surface area (Å²) >= 11 is 6.04. The number of benzene rings is 1. The van der Waals surface area contributed by atoms with E-state index in [-0.39, 0.29) is 6.04 Å². The number of nitrogens with two attached hydrogens (primary N) is 1. The number of aromatic nitrogens is 2. The second-order valence-corrected chi connectivity index (χ2v) is 4.60. The second kappa shape index (κ2) is 5.00. The van der Waals surface area contributed by atoms with Crippen LogP contribution in [0.1, 0.15) is 24.2 Å². The van der Waals surface area contributed by atoms with E-state index in [0.29, 0.717) is 5.02 Å². The van der Waals surface area contributed by atoms with Gasteiger partial charge in [0.15, 0.2) is 0 Å². The molecule has 1 atom stereocenters. The van der Waals surface area contributed by atoms with Gasteiger partial charge in [-0.05, 0) is 26.0 Å². The van der Waals surface area contributed by atoms with Crippen LogP contribution in [-0.4, -0.2) is 16.9 Å². The van der Waals surface area contributed by atoms with Gasteiger partial charge in [0.05, 0.1) is 23.5 Å². The highest BCUT2D eigenvalue weighted by molar-refractivity contribution is 6.31. The van der Waals surface area contributed by atoms with Crippen molar-refractivity contribution in [1.82, 2.24) is 9.78 Å². The van der Waals surface area contributed by atoms with Gasteiger partial charge in [-0.15, -0.1) is 0 Å². The largest absolute Gasteiger partial charge is 0.496 e. The Morgan fingerprint density at radius 2 is 2.17 bits per heavy atom. The Morgan fingerprint density at radius 3 is 2.67 bits per heavy atom. The predicted molar refractivity (Wildman–Crippen MR) is 72.5 cm³/mol. The normalized spacial score (nSPS) is 12.5. The molecule has 0 bridgehead atoms. The molecule has 1 aromatic heterocycles. The van der Waals surface area contributed by atoms with Gasteiger partial charge in [0.25, 0.3) is 0 Å². The zero-order valence-electron chi connectivity index (χ0n) is 10.6. The van der Waals surface area contributed by atoms with E-state index in [2.05, 4.69) is 5.10 Å². The summed E-state index contributed by atoms with van der Waals surface area (Å²) in [5.41, 5.74) is 8.61. The minimum Gasteiger partial charge on any atom is -0.496 e. The third-order valence-corrected chi connectivity index (χ3v) is 3.18. The van der Waals surface area contributed by atoms with E-state index in [4.69, 9.17) is 22.1 Å². The zero-order valence-corrected chi connectivity index (χ0v) is 11.4. The highest BCUT2D eigenvalue weighted by Gasteiger charge is 2.15. The third-order valence-electron chi connectivity index (χ3n) is 2.80. The Bertz CT molecular complexity index is 544. The van der Waals surface area contributed by atoms with Crippen LogP contribution in [0.25, 0.3) is 5.69 Å². The van der Waals surface area contributed by atoms with E-state index in [9.17, 15) is 0 Å². The first kappa shape index (κ1) is 12.9. The maximum atomic E-state index is 6.04. The van der Waals surface area contributed by atoms with Crippen molar-refractivity contribution in [3.05, 3.63) is 40.7 Å². The van der Waals surface area contributed by atoms with Crippen LogP contribution >= 0.6 is 11.6 Å². The van der Waals surface area contributed by atoms with Crippen molar-refractivity contribution >= 4 is 11.6 Å². The lowest BCUT2D eigenvalue weighted by Gasteiger charge is -2.16. The topological polar surface area (TPSA) is 53.1 Å². The van der Waals surface area contributed by atoms with Crippen molar-refractivity contribution in [2.75, 3.05) is 7.11 Å². The summed E-state index contributed by atoms with van der Waals surface area (Å²) in [7, 11) is 1.63. The van der Waals surface area contributed by atoms with Gasteiger partial charge < -0.3 is 10.5 Å². The fraction of sp³-hybridized carbons (Fsp3) is 0.308. The first-order chi connectivity index (χ1) is 8.54. The van der Waals surface area contributed by atoms with Crippen LogP contribution in [0.2, 0.25) is 5.02 Å². The zero-order chi connectivity index (χ0) is 13.3. The van der Waals surface area contributed by atoms with Crippen molar-refractivity contribution < 1.29 is 4.74 Å². The van der Waals surface area contributed by atoms with Crippen LogP contribution in [0, 0.1) is 6.92 Å². The minimum absolute atomic E-state index is 0.153. The lowest BCUT2D eigenvalue weighted by Crippen LogP contribution is -2.12. The average Bonchev–Trinajstić information content (AvgIpc) is 2.68. The molecule has 5 heteroatoms. The molecule has 4 nitrogen and oxygen atoms in total. The molecule has 0 saturated heterocycles. The molecule has 0 saturated carbocycles. The molecule has 0 aliphatic heterocycles. The summed E-state index contributed by atoms with van der Waals surface area (Å²) in [6, 6.07) is 5.59. The maximum Gasteiger partial charge on any atom is 0.125 e. The highest BCUT2D eigenvalue weighted by Crippen LogP contribution is 2.30. The molecule has 0 unspecified atom stereocenters. The molecule has 1 aromatic carbocycles.